The first-order chi connectivity index (χ1) is 13.1. The van der Waals surface area contributed by atoms with Crippen LogP contribution >= 0.6 is 11.8 Å². The van der Waals surface area contributed by atoms with E-state index in [0.29, 0.717) is 11.6 Å². The number of thioether (sulfide) groups is 1. The van der Waals surface area contributed by atoms with Gasteiger partial charge in [-0.15, -0.1) is 11.8 Å². The molecular weight excluding hydrogens is 358 g/mol. The molecule has 27 heavy (non-hydrogen) atoms. The molecule has 7 heteroatoms. The van der Waals surface area contributed by atoms with Gasteiger partial charge in [0.2, 0.25) is 0 Å². The number of hydrogen-bond acceptors (Lipinski definition) is 5. The van der Waals surface area contributed by atoms with E-state index in [0.717, 1.165) is 28.4 Å². The van der Waals surface area contributed by atoms with Crippen LogP contribution in [0.25, 0.3) is 5.69 Å². The highest BCUT2D eigenvalue weighted by Gasteiger charge is 2.20. The quantitative estimate of drug-likeness (QED) is 0.756. The normalized spacial score (nSPS) is 14.1. The molecule has 0 spiro atoms. The molecule has 2 aromatic carbocycles. The minimum absolute atomic E-state index is 0.0896. The lowest BCUT2D eigenvalue weighted by Gasteiger charge is -2.25. The van der Waals surface area contributed by atoms with E-state index in [1.54, 1.807) is 21.6 Å². The number of aromatic nitrogens is 2. The lowest BCUT2D eigenvalue weighted by atomic mass is 10.1. The largest absolute Gasteiger partial charge is 0.296 e. The number of anilines is 1. The highest BCUT2D eigenvalue weighted by Crippen LogP contribution is 2.20. The lowest BCUT2D eigenvalue weighted by molar-refractivity contribution is 0.408. The summed E-state index contributed by atoms with van der Waals surface area (Å²) in [6.45, 7) is 1.93. The van der Waals surface area contributed by atoms with Gasteiger partial charge in [-0.25, -0.2) is 4.68 Å². The fourth-order valence-corrected chi connectivity index (χ4v) is 3.89. The number of rotatable bonds is 4. The molecule has 0 saturated carbocycles. The van der Waals surface area contributed by atoms with Crippen LogP contribution in [0, 0.1) is 6.92 Å². The van der Waals surface area contributed by atoms with Crippen molar-refractivity contribution in [3.8, 4) is 5.69 Å². The van der Waals surface area contributed by atoms with Crippen molar-refractivity contribution in [3.05, 3.63) is 82.3 Å². The van der Waals surface area contributed by atoms with Gasteiger partial charge in [-0.05, 0) is 24.6 Å². The van der Waals surface area contributed by atoms with Gasteiger partial charge in [-0.1, -0.05) is 48.5 Å². The Hall–Kier alpha value is -2.93. The van der Waals surface area contributed by atoms with E-state index in [9.17, 15) is 4.79 Å². The Kier molecular flexibility index (Phi) is 4.77. The van der Waals surface area contributed by atoms with E-state index in [2.05, 4.69) is 17.6 Å². The molecular formula is C20H21N5OS. The van der Waals surface area contributed by atoms with Gasteiger partial charge in [0.1, 0.15) is 11.6 Å². The maximum absolute atomic E-state index is 13.0. The standard InChI is InChI=1S/C20H21N5OS/c1-15-19(20(26)25(23(15)2)17-11-7-4-8-12-17)22-24-14-27-13-18(21-24)16-9-5-3-6-10-16/h3-12,22H,13-14H2,1-2H3. The van der Waals surface area contributed by atoms with Gasteiger partial charge in [0.15, 0.2) is 0 Å². The molecule has 6 nitrogen and oxygen atoms in total. The summed E-state index contributed by atoms with van der Waals surface area (Å²) in [4.78, 5) is 13.0. The molecule has 0 atom stereocenters. The van der Waals surface area contributed by atoms with Crippen LogP contribution in [-0.2, 0) is 7.05 Å². The van der Waals surface area contributed by atoms with Gasteiger partial charge < -0.3 is 0 Å². The minimum Gasteiger partial charge on any atom is -0.283 e. The third-order valence-electron chi connectivity index (χ3n) is 4.60. The van der Waals surface area contributed by atoms with Gasteiger partial charge in [0.25, 0.3) is 5.56 Å². The highest BCUT2D eigenvalue weighted by atomic mass is 32.2. The zero-order chi connectivity index (χ0) is 18.8. The van der Waals surface area contributed by atoms with Crippen molar-refractivity contribution in [2.45, 2.75) is 6.92 Å². The third-order valence-corrected chi connectivity index (χ3v) is 5.50. The molecule has 0 radical (unpaired) electrons. The average molecular weight is 379 g/mol. The summed E-state index contributed by atoms with van der Waals surface area (Å²) in [5, 5.41) is 6.45. The number of nitrogens with zero attached hydrogens (tertiary/aromatic N) is 4. The van der Waals surface area contributed by atoms with Crippen LogP contribution in [0.1, 0.15) is 11.3 Å². The van der Waals surface area contributed by atoms with Gasteiger partial charge in [-0.2, -0.15) is 10.2 Å². The predicted molar refractivity (Wildman–Crippen MR) is 112 cm³/mol. The molecule has 1 N–H and O–H groups in total. The number of nitrogens with one attached hydrogen (secondary N) is 1. The van der Waals surface area contributed by atoms with Crippen molar-refractivity contribution < 1.29 is 0 Å². The molecule has 1 aliphatic rings. The highest BCUT2D eigenvalue weighted by molar-refractivity contribution is 8.00. The zero-order valence-electron chi connectivity index (χ0n) is 15.3. The fraction of sp³-hybridized carbons (Fsp3) is 0.200. The monoisotopic (exact) mass is 379 g/mol. The Morgan fingerprint density at radius 2 is 1.70 bits per heavy atom. The summed E-state index contributed by atoms with van der Waals surface area (Å²) < 4.78 is 3.52. The molecule has 0 fully saturated rings. The van der Waals surface area contributed by atoms with Crippen LogP contribution in [0.3, 0.4) is 0 Å². The van der Waals surface area contributed by atoms with E-state index < -0.39 is 0 Å². The second-order valence-electron chi connectivity index (χ2n) is 6.34. The summed E-state index contributed by atoms with van der Waals surface area (Å²) in [5.41, 5.74) is 7.46. The van der Waals surface area contributed by atoms with Gasteiger partial charge in [0, 0.05) is 12.8 Å². The predicted octanol–water partition coefficient (Wildman–Crippen LogP) is 3.22. The number of hydrogen-bond donors (Lipinski definition) is 1. The minimum atomic E-state index is -0.0896. The summed E-state index contributed by atoms with van der Waals surface area (Å²) >= 11 is 1.76. The molecule has 1 aliphatic heterocycles. The topological polar surface area (TPSA) is 54.6 Å². The van der Waals surface area contributed by atoms with Crippen LogP contribution < -0.4 is 11.0 Å². The van der Waals surface area contributed by atoms with E-state index in [4.69, 9.17) is 5.10 Å². The number of hydrazone groups is 1. The maximum atomic E-state index is 13.0. The van der Waals surface area contributed by atoms with Crippen molar-refractivity contribution in [2.75, 3.05) is 17.1 Å². The van der Waals surface area contributed by atoms with E-state index in [-0.39, 0.29) is 5.56 Å². The van der Waals surface area contributed by atoms with Crippen molar-refractivity contribution in [2.24, 2.45) is 12.1 Å². The number of hydrazine groups is 1. The average Bonchev–Trinajstić information content (AvgIpc) is 2.93. The van der Waals surface area contributed by atoms with Crippen molar-refractivity contribution in [1.29, 1.82) is 0 Å². The Morgan fingerprint density at radius 1 is 1.04 bits per heavy atom. The number of para-hydroxylation sites is 1. The Bertz CT molecular complexity index is 1020. The lowest BCUT2D eigenvalue weighted by Crippen LogP contribution is -2.33. The first kappa shape index (κ1) is 17.5. The smallest absolute Gasteiger partial charge is 0.283 e. The van der Waals surface area contributed by atoms with Crippen molar-refractivity contribution >= 4 is 23.2 Å². The molecule has 4 rings (SSSR count). The van der Waals surface area contributed by atoms with Crippen LogP contribution in [0.15, 0.2) is 70.6 Å². The van der Waals surface area contributed by atoms with Crippen LogP contribution in [0.4, 0.5) is 5.69 Å². The summed E-state index contributed by atoms with van der Waals surface area (Å²) in [5.74, 6) is 1.53. The maximum Gasteiger partial charge on any atom is 0.296 e. The van der Waals surface area contributed by atoms with Gasteiger partial charge >= 0.3 is 0 Å². The Labute approximate surface area is 162 Å². The van der Waals surface area contributed by atoms with Crippen LogP contribution in [-0.4, -0.2) is 31.8 Å². The molecule has 2 heterocycles. The number of benzene rings is 2. The molecule has 0 unspecified atom stereocenters. The van der Waals surface area contributed by atoms with Crippen LogP contribution in [0.2, 0.25) is 0 Å². The molecule has 0 aliphatic carbocycles. The fourth-order valence-electron chi connectivity index (χ4n) is 3.09. The Balaban J connectivity index is 1.66. The molecule has 0 amide bonds. The SMILES string of the molecule is Cc1c(NN2CSCC(c3ccccc3)=N2)c(=O)n(-c2ccccc2)n1C. The van der Waals surface area contributed by atoms with Gasteiger partial charge in [0.05, 0.1) is 17.1 Å². The van der Waals surface area contributed by atoms with Gasteiger partial charge in [-0.3, -0.25) is 14.9 Å². The van der Waals surface area contributed by atoms with Crippen molar-refractivity contribution in [1.82, 2.24) is 14.5 Å². The third kappa shape index (κ3) is 3.38. The van der Waals surface area contributed by atoms with Crippen molar-refractivity contribution in [3.63, 3.8) is 0 Å². The Morgan fingerprint density at radius 3 is 2.41 bits per heavy atom. The molecule has 0 saturated heterocycles. The molecule has 1 aromatic heterocycles. The molecule has 138 valence electrons. The van der Waals surface area contributed by atoms with E-state index in [1.165, 1.54) is 0 Å². The zero-order valence-corrected chi connectivity index (χ0v) is 16.1. The second kappa shape index (κ2) is 7.36. The summed E-state index contributed by atoms with van der Waals surface area (Å²) in [7, 11) is 1.89. The molecule has 0 bridgehead atoms. The van der Waals surface area contributed by atoms with E-state index >= 15 is 0 Å². The summed E-state index contributed by atoms with van der Waals surface area (Å²) in [6.07, 6.45) is 0. The first-order valence-electron chi connectivity index (χ1n) is 8.74. The second-order valence-corrected chi connectivity index (χ2v) is 7.29. The first-order valence-corrected chi connectivity index (χ1v) is 9.89. The molecule has 3 aromatic rings. The van der Waals surface area contributed by atoms with Crippen LogP contribution in [0.5, 0.6) is 0 Å². The van der Waals surface area contributed by atoms with E-state index in [1.807, 2.05) is 67.2 Å². The summed E-state index contributed by atoms with van der Waals surface area (Å²) in [6, 6.07) is 19.8.